The van der Waals surface area contributed by atoms with Crippen molar-refractivity contribution in [2.45, 2.75) is 26.9 Å². The summed E-state index contributed by atoms with van der Waals surface area (Å²) >= 11 is 0. The third kappa shape index (κ3) is 4.23. The highest BCUT2D eigenvalue weighted by Gasteiger charge is 2.14. The molecule has 2 nitrogen and oxygen atoms in total. The van der Waals surface area contributed by atoms with E-state index < -0.39 is 8.03 Å². The molecular weight excluding hydrogens is 123 g/mol. The molecule has 0 rings (SSSR count). The van der Waals surface area contributed by atoms with Crippen LogP contribution in [-0.2, 0) is 9.09 Å². The van der Waals surface area contributed by atoms with E-state index in [4.69, 9.17) is 4.52 Å². The average Bonchev–Trinajstić information content (AvgIpc) is 1.65. The molecule has 0 aliphatic carbocycles. The molecule has 0 heterocycles. The van der Waals surface area contributed by atoms with E-state index in [2.05, 4.69) is 0 Å². The van der Waals surface area contributed by atoms with Crippen LogP contribution in [0.5, 0.6) is 0 Å². The Kier molecular flexibility index (Phi) is 4.02. The van der Waals surface area contributed by atoms with Crippen molar-refractivity contribution in [3.05, 3.63) is 0 Å². The zero-order chi connectivity index (χ0) is 6.57. The van der Waals surface area contributed by atoms with Crippen molar-refractivity contribution in [1.29, 1.82) is 0 Å². The van der Waals surface area contributed by atoms with Crippen molar-refractivity contribution in [2.75, 3.05) is 6.16 Å². The van der Waals surface area contributed by atoms with Crippen LogP contribution < -0.4 is 0 Å². The Balaban J connectivity index is 3.25. The van der Waals surface area contributed by atoms with Gasteiger partial charge in [-0.2, -0.15) is 0 Å². The number of hydrogen-bond acceptors (Lipinski definition) is 2. The van der Waals surface area contributed by atoms with E-state index >= 15 is 0 Å². The van der Waals surface area contributed by atoms with Crippen LogP contribution >= 0.6 is 8.03 Å². The predicted octanol–water partition coefficient (Wildman–Crippen LogP) is 2.17. The molecule has 1 atom stereocenters. The summed E-state index contributed by atoms with van der Waals surface area (Å²) < 4.78 is 15.5. The van der Waals surface area contributed by atoms with Crippen LogP contribution in [0.2, 0.25) is 0 Å². The van der Waals surface area contributed by atoms with Crippen LogP contribution in [0.1, 0.15) is 20.8 Å². The summed E-state index contributed by atoms with van der Waals surface area (Å²) in [4.78, 5) is 0. The monoisotopic (exact) mass is 135 g/mol. The molecule has 0 aliphatic heterocycles. The van der Waals surface area contributed by atoms with Gasteiger partial charge in [0.15, 0.2) is 6.16 Å². The van der Waals surface area contributed by atoms with Crippen LogP contribution in [0.15, 0.2) is 0 Å². The molecule has 0 saturated heterocycles. The van der Waals surface area contributed by atoms with Gasteiger partial charge in [-0.1, -0.05) is 0 Å². The van der Waals surface area contributed by atoms with E-state index in [0.717, 1.165) is 0 Å². The van der Waals surface area contributed by atoms with Crippen LogP contribution in [0, 0.1) is 0 Å². The topological polar surface area (TPSA) is 26.3 Å². The quantitative estimate of drug-likeness (QED) is 0.554. The summed E-state index contributed by atoms with van der Waals surface area (Å²) in [5, 5.41) is 0. The van der Waals surface area contributed by atoms with Crippen molar-refractivity contribution in [2.24, 2.45) is 0 Å². The molecule has 0 aromatic carbocycles. The van der Waals surface area contributed by atoms with Crippen molar-refractivity contribution in [3.63, 3.8) is 0 Å². The Labute approximate surface area is 51.1 Å². The lowest BCUT2D eigenvalue weighted by Crippen LogP contribution is -1.94. The van der Waals surface area contributed by atoms with Gasteiger partial charge in [-0.15, -0.1) is 4.52 Å². The molecule has 0 amide bonds. The highest BCUT2D eigenvalue weighted by molar-refractivity contribution is 7.39. The lowest BCUT2D eigenvalue weighted by molar-refractivity contribution is 0.256. The van der Waals surface area contributed by atoms with Crippen LogP contribution in [-0.4, -0.2) is 12.3 Å². The second-order valence-electron chi connectivity index (χ2n) is 1.80. The molecule has 48 valence electrons. The maximum atomic E-state index is 10.5. The van der Waals surface area contributed by atoms with Crippen LogP contribution in [0.3, 0.4) is 0 Å². The predicted molar refractivity (Wildman–Crippen MR) is 34.4 cm³/mol. The second kappa shape index (κ2) is 3.99. The first kappa shape index (κ1) is 8.06. The van der Waals surface area contributed by atoms with Gasteiger partial charge in [-0.25, -0.2) is 0 Å². The third-order valence-corrected chi connectivity index (χ3v) is 1.76. The van der Waals surface area contributed by atoms with Gasteiger partial charge in [-0.3, -0.25) is 0 Å². The van der Waals surface area contributed by atoms with E-state index in [1.54, 1.807) is 0 Å². The molecule has 0 radical (unpaired) electrons. The minimum atomic E-state index is -1.37. The van der Waals surface area contributed by atoms with Gasteiger partial charge in [0.25, 0.3) is 0 Å². The SMILES string of the molecule is CC[P+](=O)OC(C)C. The summed E-state index contributed by atoms with van der Waals surface area (Å²) in [5.74, 6) is 0. The fraction of sp³-hybridized carbons (Fsp3) is 1.00. The van der Waals surface area contributed by atoms with Crippen LogP contribution in [0.4, 0.5) is 0 Å². The number of hydrogen-bond donors (Lipinski definition) is 0. The highest BCUT2D eigenvalue weighted by atomic mass is 31.1. The maximum Gasteiger partial charge on any atom is 0.508 e. The van der Waals surface area contributed by atoms with E-state index in [1.165, 1.54) is 0 Å². The fourth-order valence-corrected chi connectivity index (χ4v) is 0.929. The largest absolute Gasteiger partial charge is 0.508 e. The molecule has 0 aromatic heterocycles. The second-order valence-corrected chi connectivity index (χ2v) is 3.31. The van der Waals surface area contributed by atoms with E-state index in [1.807, 2.05) is 20.8 Å². The first-order valence-electron chi connectivity index (χ1n) is 2.78. The zero-order valence-corrected chi connectivity index (χ0v) is 6.44. The Morgan fingerprint density at radius 2 is 2.12 bits per heavy atom. The standard InChI is InChI=1S/C5H12O2P/c1-4-8(6)7-5(2)3/h5H,4H2,1-3H3/q+1. The van der Waals surface area contributed by atoms with Gasteiger partial charge in [0.1, 0.15) is 6.10 Å². The van der Waals surface area contributed by atoms with Crippen molar-refractivity contribution in [3.8, 4) is 0 Å². The molecule has 0 aliphatic rings. The van der Waals surface area contributed by atoms with E-state index in [-0.39, 0.29) is 6.10 Å². The molecule has 0 fully saturated rings. The zero-order valence-electron chi connectivity index (χ0n) is 5.55. The van der Waals surface area contributed by atoms with Crippen LogP contribution in [0.25, 0.3) is 0 Å². The Hall–Kier alpha value is 0.0600. The molecule has 0 bridgehead atoms. The van der Waals surface area contributed by atoms with Gasteiger partial charge in [0.2, 0.25) is 0 Å². The molecule has 8 heavy (non-hydrogen) atoms. The summed E-state index contributed by atoms with van der Waals surface area (Å²) in [6.07, 6.45) is 0.714. The minimum absolute atomic E-state index is 0.0959. The first-order chi connectivity index (χ1) is 3.66. The Morgan fingerprint density at radius 3 is 2.25 bits per heavy atom. The maximum absolute atomic E-state index is 10.5. The van der Waals surface area contributed by atoms with E-state index in [0.29, 0.717) is 6.16 Å². The summed E-state index contributed by atoms with van der Waals surface area (Å²) in [6, 6.07) is 0. The lowest BCUT2D eigenvalue weighted by Gasteiger charge is -1.89. The lowest BCUT2D eigenvalue weighted by atomic mass is 10.5. The summed E-state index contributed by atoms with van der Waals surface area (Å²) in [6.45, 7) is 5.60. The molecule has 3 heteroatoms. The molecule has 0 spiro atoms. The van der Waals surface area contributed by atoms with Gasteiger partial charge in [0, 0.05) is 0 Å². The van der Waals surface area contributed by atoms with Gasteiger partial charge < -0.3 is 0 Å². The van der Waals surface area contributed by atoms with Gasteiger partial charge in [-0.05, 0) is 25.3 Å². The first-order valence-corrected chi connectivity index (χ1v) is 4.14. The summed E-state index contributed by atoms with van der Waals surface area (Å²) in [5.41, 5.74) is 0. The molecule has 0 aromatic rings. The smallest absolute Gasteiger partial charge is 0.144 e. The minimum Gasteiger partial charge on any atom is -0.144 e. The third-order valence-electron chi connectivity index (χ3n) is 0.587. The van der Waals surface area contributed by atoms with Gasteiger partial charge in [0.05, 0.1) is 0 Å². The van der Waals surface area contributed by atoms with Crippen molar-refractivity contribution < 1.29 is 9.09 Å². The fourth-order valence-electron chi connectivity index (χ4n) is 0.310. The normalized spacial score (nSPS) is 12.2. The molecular formula is C5H12O2P+. The Bertz CT molecular complexity index is 80.5. The average molecular weight is 135 g/mol. The van der Waals surface area contributed by atoms with Crippen molar-refractivity contribution >= 4 is 8.03 Å². The van der Waals surface area contributed by atoms with Gasteiger partial charge >= 0.3 is 8.03 Å². The number of rotatable bonds is 3. The Morgan fingerprint density at radius 1 is 1.62 bits per heavy atom. The van der Waals surface area contributed by atoms with E-state index in [9.17, 15) is 4.57 Å². The molecule has 0 N–H and O–H groups in total. The summed E-state index contributed by atoms with van der Waals surface area (Å²) in [7, 11) is -1.37. The highest BCUT2D eigenvalue weighted by Crippen LogP contribution is 2.22. The molecule has 1 unspecified atom stereocenters. The molecule has 0 saturated carbocycles. The van der Waals surface area contributed by atoms with Crippen molar-refractivity contribution in [1.82, 2.24) is 0 Å².